The van der Waals surface area contributed by atoms with Gasteiger partial charge in [-0.15, -0.1) is 0 Å². The molecule has 3 aromatic rings. The Balaban J connectivity index is 1.59. The van der Waals surface area contributed by atoms with Crippen molar-refractivity contribution in [3.8, 4) is 11.5 Å². The molecule has 7 nitrogen and oxygen atoms in total. The topological polar surface area (TPSA) is 88.4 Å². The van der Waals surface area contributed by atoms with Crippen LogP contribution in [0.2, 0.25) is 0 Å². The van der Waals surface area contributed by atoms with E-state index >= 15 is 0 Å². The summed E-state index contributed by atoms with van der Waals surface area (Å²) in [4.78, 5) is 25.7. The van der Waals surface area contributed by atoms with Crippen LogP contribution in [0.1, 0.15) is 57.1 Å². The summed E-state index contributed by atoms with van der Waals surface area (Å²) < 4.78 is 10.6. The van der Waals surface area contributed by atoms with Gasteiger partial charge in [0.2, 0.25) is 0 Å². The number of aromatic carboxylic acids is 1. The molecule has 5 rings (SSSR count). The van der Waals surface area contributed by atoms with Gasteiger partial charge < -0.3 is 14.6 Å². The van der Waals surface area contributed by atoms with Crippen LogP contribution >= 0.6 is 0 Å². The standard InChI is InChI=1S/C30H28N2O5/c1-36-22-14-10-19(11-15-22)18-21-6-5-9-26-27(21)31-32(28(26)20-12-16-23(37-2)17-13-20)29(33)24-7-3-4-8-25(24)30(34)35/h3-4,7-8,10-18,26,28H,5-6,9H2,1-2H3,(H,34,35)/b21-18+/t26-,28-/m1/s1. The third-order valence-electron chi connectivity index (χ3n) is 7.01. The third-order valence-corrected chi connectivity index (χ3v) is 7.01. The lowest BCUT2D eigenvalue weighted by atomic mass is 9.77. The molecule has 1 aliphatic heterocycles. The van der Waals surface area contributed by atoms with Crippen molar-refractivity contribution in [1.82, 2.24) is 5.01 Å². The van der Waals surface area contributed by atoms with E-state index < -0.39 is 11.9 Å². The second-order valence-corrected chi connectivity index (χ2v) is 9.15. The van der Waals surface area contributed by atoms with Crippen molar-refractivity contribution in [1.29, 1.82) is 0 Å². The van der Waals surface area contributed by atoms with Gasteiger partial charge in [0.05, 0.1) is 37.1 Å². The van der Waals surface area contributed by atoms with Crippen LogP contribution in [0.25, 0.3) is 6.08 Å². The first kappa shape index (κ1) is 24.3. The quantitative estimate of drug-likeness (QED) is 0.463. The Morgan fingerprint density at radius 1 is 0.919 bits per heavy atom. The number of fused-ring (bicyclic) bond motifs is 1. The predicted octanol–water partition coefficient (Wildman–Crippen LogP) is 5.84. The van der Waals surface area contributed by atoms with E-state index in [1.807, 2.05) is 48.5 Å². The van der Waals surface area contributed by atoms with Crippen LogP contribution in [0.5, 0.6) is 11.5 Å². The Bertz CT molecular complexity index is 1380. The second kappa shape index (κ2) is 10.3. The zero-order valence-corrected chi connectivity index (χ0v) is 20.8. The molecule has 0 bridgehead atoms. The van der Waals surface area contributed by atoms with Crippen molar-refractivity contribution in [2.75, 3.05) is 14.2 Å². The average molecular weight is 497 g/mol. The number of carboxylic acids is 1. The number of carbonyl (C=O) groups excluding carboxylic acids is 1. The first-order valence-corrected chi connectivity index (χ1v) is 12.2. The lowest BCUT2D eigenvalue weighted by molar-refractivity contribution is 0.0646. The zero-order valence-electron chi connectivity index (χ0n) is 20.8. The first-order chi connectivity index (χ1) is 18.0. The van der Waals surface area contributed by atoms with Crippen LogP contribution in [-0.4, -0.2) is 41.9 Å². The number of carbonyl (C=O) groups is 2. The van der Waals surface area contributed by atoms with Gasteiger partial charge in [-0.2, -0.15) is 5.10 Å². The number of methoxy groups -OCH3 is 2. The summed E-state index contributed by atoms with van der Waals surface area (Å²) in [7, 11) is 3.25. The highest BCUT2D eigenvalue weighted by molar-refractivity contribution is 6.10. The Morgan fingerprint density at radius 3 is 2.16 bits per heavy atom. The van der Waals surface area contributed by atoms with Crippen molar-refractivity contribution in [3.63, 3.8) is 0 Å². The summed E-state index contributed by atoms with van der Waals surface area (Å²) in [6, 6.07) is 21.4. The fourth-order valence-electron chi connectivity index (χ4n) is 5.18. The van der Waals surface area contributed by atoms with Crippen molar-refractivity contribution in [2.45, 2.75) is 25.3 Å². The van der Waals surface area contributed by atoms with E-state index in [4.69, 9.17) is 14.6 Å². The number of ether oxygens (including phenoxy) is 2. The van der Waals surface area contributed by atoms with Gasteiger partial charge in [0, 0.05) is 5.92 Å². The Kier molecular flexibility index (Phi) is 6.77. The number of hydrogen-bond acceptors (Lipinski definition) is 5. The lowest BCUT2D eigenvalue weighted by Crippen LogP contribution is -2.32. The van der Waals surface area contributed by atoms with Gasteiger partial charge in [0.25, 0.3) is 5.91 Å². The normalized spacial score (nSPS) is 19.8. The summed E-state index contributed by atoms with van der Waals surface area (Å²) in [6.07, 6.45) is 4.81. The van der Waals surface area contributed by atoms with Crippen molar-refractivity contribution in [3.05, 3.63) is 101 Å². The van der Waals surface area contributed by atoms with Gasteiger partial charge in [0.1, 0.15) is 11.5 Å². The Labute approximate surface area is 215 Å². The number of carboxylic acid groups (broad SMARTS) is 1. The molecule has 3 aromatic carbocycles. The van der Waals surface area contributed by atoms with Crippen LogP contribution in [0, 0.1) is 5.92 Å². The number of nitrogens with zero attached hydrogens (tertiary/aromatic N) is 2. The lowest BCUT2D eigenvalue weighted by Gasteiger charge is -2.30. The fourth-order valence-corrected chi connectivity index (χ4v) is 5.18. The molecule has 0 radical (unpaired) electrons. The van der Waals surface area contributed by atoms with Gasteiger partial charge in [-0.05, 0) is 78.4 Å². The molecule has 0 spiro atoms. The number of rotatable bonds is 6. The van der Waals surface area contributed by atoms with Gasteiger partial charge in [-0.1, -0.05) is 36.4 Å². The molecule has 1 heterocycles. The molecule has 7 heteroatoms. The van der Waals surface area contributed by atoms with Crippen molar-refractivity contribution < 1.29 is 24.2 Å². The smallest absolute Gasteiger partial charge is 0.336 e. The molecular formula is C30H28N2O5. The van der Waals surface area contributed by atoms with Gasteiger partial charge >= 0.3 is 5.97 Å². The number of hydrazone groups is 1. The minimum atomic E-state index is -1.14. The fraction of sp³-hybridized carbons (Fsp3) is 0.233. The minimum absolute atomic E-state index is 0.00687. The minimum Gasteiger partial charge on any atom is -0.497 e. The van der Waals surface area contributed by atoms with E-state index in [0.29, 0.717) is 0 Å². The maximum Gasteiger partial charge on any atom is 0.336 e. The molecule has 0 unspecified atom stereocenters. The highest BCUT2D eigenvalue weighted by Crippen LogP contribution is 2.45. The van der Waals surface area contributed by atoms with E-state index in [1.54, 1.807) is 32.4 Å². The van der Waals surface area contributed by atoms with Crippen LogP contribution in [-0.2, 0) is 0 Å². The first-order valence-electron chi connectivity index (χ1n) is 12.2. The molecule has 1 saturated carbocycles. The molecule has 1 aliphatic carbocycles. The molecular weight excluding hydrogens is 468 g/mol. The van der Waals surface area contributed by atoms with E-state index in [1.165, 1.54) is 11.1 Å². The van der Waals surface area contributed by atoms with Crippen LogP contribution in [0.15, 0.2) is 83.5 Å². The molecule has 1 fully saturated rings. The van der Waals surface area contributed by atoms with Crippen molar-refractivity contribution in [2.24, 2.45) is 11.0 Å². The van der Waals surface area contributed by atoms with Crippen LogP contribution in [0.3, 0.4) is 0 Å². The molecule has 1 N–H and O–H groups in total. The number of hydrogen-bond donors (Lipinski definition) is 1. The molecule has 2 atom stereocenters. The summed E-state index contributed by atoms with van der Waals surface area (Å²) >= 11 is 0. The van der Waals surface area contributed by atoms with Gasteiger partial charge in [-0.3, -0.25) is 4.79 Å². The van der Waals surface area contributed by atoms with Gasteiger partial charge in [-0.25, -0.2) is 9.80 Å². The summed E-state index contributed by atoms with van der Waals surface area (Å²) in [5.41, 5.74) is 4.01. The Hall–Kier alpha value is -4.39. The van der Waals surface area contributed by atoms with E-state index in [2.05, 4.69) is 6.08 Å². The monoisotopic (exact) mass is 496 g/mol. The number of amides is 1. The number of allylic oxidation sites excluding steroid dienone is 1. The largest absolute Gasteiger partial charge is 0.497 e. The summed E-state index contributed by atoms with van der Waals surface area (Å²) in [6.45, 7) is 0. The van der Waals surface area contributed by atoms with E-state index in [9.17, 15) is 14.7 Å². The van der Waals surface area contributed by atoms with Crippen LogP contribution < -0.4 is 9.47 Å². The molecule has 0 saturated heterocycles. The molecule has 0 aromatic heterocycles. The summed E-state index contributed by atoms with van der Waals surface area (Å²) in [5, 5.41) is 16.1. The average Bonchev–Trinajstić information content (AvgIpc) is 3.33. The van der Waals surface area contributed by atoms with Gasteiger partial charge in [0.15, 0.2) is 0 Å². The maximum atomic E-state index is 13.9. The predicted molar refractivity (Wildman–Crippen MR) is 141 cm³/mol. The molecule has 1 amide bonds. The maximum absolute atomic E-state index is 13.9. The highest BCUT2D eigenvalue weighted by Gasteiger charge is 2.44. The molecule has 188 valence electrons. The van der Waals surface area contributed by atoms with Crippen LogP contribution in [0.4, 0.5) is 0 Å². The zero-order chi connectivity index (χ0) is 25.9. The summed E-state index contributed by atoms with van der Waals surface area (Å²) in [5.74, 6) is -0.0672. The molecule has 37 heavy (non-hydrogen) atoms. The SMILES string of the molecule is COc1ccc(/C=C2\CCC[C@@H]3C2=NN(C(=O)c2ccccc2C(=O)O)[C@@H]3c2ccc(OC)cc2)cc1. The second-order valence-electron chi connectivity index (χ2n) is 9.15. The Morgan fingerprint density at radius 2 is 1.54 bits per heavy atom. The highest BCUT2D eigenvalue weighted by atomic mass is 16.5. The molecule has 2 aliphatic rings. The number of benzene rings is 3. The third kappa shape index (κ3) is 4.72. The van der Waals surface area contributed by atoms with Crippen molar-refractivity contribution >= 4 is 23.7 Å². The van der Waals surface area contributed by atoms with E-state index in [0.717, 1.165) is 53.2 Å². The van der Waals surface area contributed by atoms with E-state index in [-0.39, 0.29) is 23.1 Å².